The lowest BCUT2D eigenvalue weighted by atomic mass is 10.2. The minimum atomic E-state index is -0.668. The minimum Gasteiger partial charge on any atom is -0.326 e. The van der Waals surface area contributed by atoms with Gasteiger partial charge in [-0.2, -0.15) is 5.10 Å². The van der Waals surface area contributed by atoms with Gasteiger partial charge in [0.05, 0.1) is 11.1 Å². The SMILES string of the molecule is O=C(C[C@H]1S/C(=N/N=C\c2ccc(Cl)cc2)NC1=O)Nc1cccc([N+](=O)[O-])c1. The molecule has 0 unspecified atom stereocenters. The van der Waals surface area contributed by atoms with Gasteiger partial charge in [0.2, 0.25) is 11.8 Å². The zero-order valence-corrected chi connectivity index (χ0v) is 16.3. The quantitative estimate of drug-likeness (QED) is 0.412. The normalized spacial score (nSPS) is 17.5. The largest absolute Gasteiger partial charge is 0.326 e. The van der Waals surface area contributed by atoms with Gasteiger partial charge >= 0.3 is 0 Å². The first-order valence-corrected chi connectivity index (χ1v) is 9.55. The molecule has 1 atom stereocenters. The van der Waals surface area contributed by atoms with Crippen LogP contribution in [-0.4, -0.2) is 33.4 Å². The number of nitro benzene ring substituents is 1. The molecule has 1 aliphatic heterocycles. The van der Waals surface area contributed by atoms with Gasteiger partial charge < -0.3 is 10.6 Å². The van der Waals surface area contributed by atoms with Crippen LogP contribution in [0.4, 0.5) is 11.4 Å². The van der Waals surface area contributed by atoms with Crippen LogP contribution in [0.1, 0.15) is 12.0 Å². The van der Waals surface area contributed by atoms with Crippen molar-refractivity contribution in [2.75, 3.05) is 5.32 Å². The molecule has 2 amide bonds. The Morgan fingerprint density at radius 3 is 2.79 bits per heavy atom. The van der Waals surface area contributed by atoms with Crippen molar-refractivity contribution in [3.05, 3.63) is 69.2 Å². The Morgan fingerprint density at radius 2 is 2.07 bits per heavy atom. The zero-order chi connectivity index (χ0) is 20.8. The van der Waals surface area contributed by atoms with E-state index < -0.39 is 16.1 Å². The number of benzene rings is 2. The summed E-state index contributed by atoms with van der Waals surface area (Å²) in [5.41, 5.74) is 0.943. The van der Waals surface area contributed by atoms with E-state index in [2.05, 4.69) is 20.8 Å². The van der Waals surface area contributed by atoms with E-state index in [4.69, 9.17) is 11.6 Å². The summed E-state index contributed by atoms with van der Waals surface area (Å²) in [6.07, 6.45) is 1.40. The first-order chi connectivity index (χ1) is 13.9. The monoisotopic (exact) mass is 431 g/mol. The number of anilines is 1. The fourth-order valence-electron chi connectivity index (χ4n) is 2.36. The van der Waals surface area contributed by atoms with Crippen LogP contribution in [0.2, 0.25) is 5.02 Å². The van der Waals surface area contributed by atoms with Crippen LogP contribution >= 0.6 is 23.4 Å². The number of rotatable bonds is 6. The van der Waals surface area contributed by atoms with Crippen LogP contribution in [0.25, 0.3) is 0 Å². The van der Waals surface area contributed by atoms with Gasteiger partial charge in [0.15, 0.2) is 5.17 Å². The Kier molecular flexibility index (Phi) is 6.57. The van der Waals surface area contributed by atoms with Crippen molar-refractivity contribution in [2.24, 2.45) is 10.2 Å². The maximum atomic E-state index is 12.2. The molecule has 0 spiro atoms. The molecular formula is C18H14ClN5O4S. The third kappa shape index (κ3) is 5.87. The standard InChI is InChI=1S/C18H14ClN5O4S/c19-12-6-4-11(5-7-12)10-20-23-18-22-17(26)15(29-18)9-16(25)21-13-2-1-3-14(8-13)24(27)28/h1-8,10,15H,9H2,(H,21,25)(H,22,23,26)/b20-10-/t15-/m1/s1. The third-order valence-corrected chi connectivity index (χ3v) is 5.04. The zero-order valence-electron chi connectivity index (χ0n) is 14.7. The highest BCUT2D eigenvalue weighted by atomic mass is 35.5. The van der Waals surface area contributed by atoms with E-state index in [1.807, 2.05) is 0 Å². The maximum absolute atomic E-state index is 12.2. The highest BCUT2D eigenvalue weighted by molar-refractivity contribution is 8.15. The summed E-state index contributed by atoms with van der Waals surface area (Å²) >= 11 is 6.90. The molecule has 148 valence electrons. The average Bonchev–Trinajstić information content (AvgIpc) is 3.02. The highest BCUT2D eigenvalue weighted by Crippen LogP contribution is 2.24. The van der Waals surface area contributed by atoms with Gasteiger partial charge in [-0.25, -0.2) is 0 Å². The topological polar surface area (TPSA) is 126 Å². The molecule has 0 saturated carbocycles. The Bertz CT molecular complexity index is 1010. The molecule has 0 bridgehead atoms. The van der Waals surface area contributed by atoms with Gasteiger partial charge in [-0.15, -0.1) is 5.10 Å². The molecule has 1 heterocycles. The molecule has 2 aromatic rings. The number of thioether (sulfide) groups is 1. The minimum absolute atomic E-state index is 0.112. The van der Waals surface area contributed by atoms with Gasteiger partial charge in [-0.1, -0.05) is 41.6 Å². The Morgan fingerprint density at radius 1 is 1.31 bits per heavy atom. The molecule has 11 heteroatoms. The molecule has 29 heavy (non-hydrogen) atoms. The number of nitrogens with one attached hydrogen (secondary N) is 2. The smallest absolute Gasteiger partial charge is 0.271 e. The first kappa shape index (κ1) is 20.5. The van der Waals surface area contributed by atoms with Gasteiger partial charge in [-0.05, 0) is 23.8 Å². The highest BCUT2D eigenvalue weighted by Gasteiger charge is 2.32. The summed E-state index contributed by atoms with van der Waals surface area (Å²) in [5, 5.41) is 24.0. The summed E-state index contributed by atoms with van der Waals surface area (Å²) in [6.45, 7) is 0. The second-order valence-electron chi connectivity index (χ2n) is 5.86. The number of carbonyl (C=O) groups excluding carboxylic acids is 2. The van der Waals surface area contributed by atoms with Crippen molar-refractivity contribution in [1.29, 1.82) is 0 Å². The van der Waals surface area contributed by atoms with Gasteiger partial charge in [-0.3, -0.25) is 19.7 Å². The fraction of sp³-hybridized carbons (Fsp3) is 0.111. The van der Waals surface area contributed by atoms with Crippen LogP contribution in [0.3, 0.4) is 0 Å². The predicted molar refractivity (Wildman–Crippen MR) is 112 cm³/mol. The number of hydrogen-bond acceptors (Lipinski definition) is 7. The van der Waals surface area contributed by atoms with Gasteiger partial charge in [0, 0.05) is 29.3 Å². The molecule has 0 radical (unpaired) electrons. The van der Waals surface area contributed by atoms with Crippen LogP contribution < -0.4 is 10.6 Å². The van der Waals surface area contributed by atoms with Crippen molar-refractivity contribution >= 4 is 57.9 Å². The van der Waals surface area contributed by atoms with Crippen molar-refractivity contribution in [3.63, 3.8) is 0 Å². The number of nitrogens with zero attached hydrogens (tertiary/aromatic N) is 3. The number of halogens is 1. The van der Waals surface area contributed by atoms with E-state index in [1.165, 1.54) is 30.5 Å². The number of non-ortho nitro benzene ring substituents is 1. The summed E-state index contributed by atoms with van der Waals surface area (Å²) in [6, 6.07) is 12.6. The van der Waals surface area contributed by atoms with E-state index in [0.717, 1.165) is 17.3 Å². The molecular weight excluding hydrogens is 418 g/mol. The summed E-state index contributed by atoms with van der Waals surface area (Å²) < 4.78 is 0. The molecule has 2 N–H and O–H groups in total. The molecule has 0 aromatic heterocycles. The lowest BCUT2D eigenvalue weighted by molar-refractivity contribution is -0.384. The van der Waals surface area contributed by atoms with Crippen molar-refractivity contribution in [1.82, 2.24) is 5.32 Å². The molecule has 9 nitrogen and oxygen atoms in total. The number of amides is 2. The maximum Gasteiger partial charge on any atom is 0.271 e. The molecule has 1 fully saturated rings. The second-order valence-corrected chi connectivity index (χ2v) is 7.48. The number of hydrogen-bond donors (Lipinski definition) is 2. The fourth-order valence-corrected chi connectivity index (χ4v) is 3.41. The van der Waals surface area contributed by atoms with E-state index in [1.54, 1.807) is 24.3 Å². The van der Waals surface area contributed by atoms with Gasteiger partial charge in [0.25, 0.3) is 5.69 Å². The van der Waals surface area contributed by atoms with Crippen LogP contribution in [-0.2, 0) is 9.59 Å². The van der Waals surface area contributed by atoms with Crippen LogP contribution in [0.15, 0.2) is 58.7 Å². The van der Waals surface area contributed by atoms with Gasteiger partial charge in [0.1, 0.15) is 5.25 Å². The molecule has 0 aliphatic carbocycles. The van der Waals surface area contributed by atoms with Crippen LogP contribution in [0.5, 0.6) is 0 Å². The average molecular weight is 432 g/mol. The number of nitro groups is 1. The Balaban J connectivity index is 1.56. The van der Waals surface area contributed by atoms with Crippen molar-refractivity contribution in [3.8, 4) is 0 Å². The Labute approximate surface area is 174 Å². The van der Waals surface area contributed by atoms with Crippen LogP contribution in [0, 0.1) is 10.1 Å². The second kappa shape index (κ2) is 9.30. The number of carbonyl (C=O) groups is 2. The third-order valence-electron chi connectivity index (χ3n) is 3.71. The van der Waals surface area contributed by atoms with E-state index in [-0.39, 0.29) is 28.9 Å². The van der Waals surface area contributed by atoms with Crippen molar-refractivity contribution in [2.45, 2.75) is 11.7 Å². The Hall–Kier alpha value is -3.24. The van der Waals surface area contributed by atoms with E-state index in [9.17, 15) is 19.7 Å². The van der Waals surface area contributed by atoms with Crippen molar-refractivity contribution < 1.29 is 14.5 Å². The summed E-state index contributed by atoms with van der Waals surface area (Å²) in [4.78, 5) is 34.5. The predicted octanol–water partition coefficient (Wildman–Crippen LogP) is 3.20. The molecule has 1 aliphatic rings. The van der Waals surface area contributed by atoms with E-state index in [0.29, 0.717) is 5.02 Å². The lowest BCUT2D eigenvalue weighted by Gasteiger charge is -2.07. The summed E-state index contributed by atoms with van der Waals surface area (Å²) in [7, 11) is 0. The number of amidine groups is 1. The molecule has 3 rings (SSSR count). The van der Waals surface area contributed by atoms with E-state index >= 15 is 0 Å². The first-order valence-electron chi connectivity index (χ1n) is 8.29. The molecule has 2 aromatic carbocycles. The summed E-state index contributed by atoms with van der Waals surface area (Å²) in [5.74, 6) is -0.798. The molecule has 1 saturated heterocycles. The lowest BCUT2D eigenvalue weighted by Crippen LogP contribution is -2.28.